The number of halogens is 3. The minimum atomic E-state index is -3.04. The normalized spacial score (nSPS) is 19.8. The van der Waals surface area contributed by atoms with Crippen LogP contribution in [0.4, 0.5) is 30.5 Å². The fourth-order valence-electron chi connectivity index (χ4n) is 5.34. The Balaban J connectivity index is 1.55. The third kappa shape index (κ3) is 5.97. The van der Waals surface area contributed by atoms with Crippen LogP contribution in [0.2, 0.25) is 0 Å². The predicted octanol–water partition coefficient (Wildman–Crippen LogP) is 3.54. The van der Waals surface area contributed by atoms with E-state index < -0.39 is 29.3 Å². The molecule has 42 heavy (non-hydrogen) atoms. The summed E-state index contributed by atoms with van der Waals surface area (Å²) in [7, 11) is 3.40. The van der Waals surface area contributed by atoms with Gasteiger partial charge in [-0.1, -0.05) is 0 Å². The smallest absolute Gasteiger partial charge is 0.264 e. The van der Waals surface area contributed by atoms with Crippen LogP contribution in [0.15, 0.2) is 41.6 Å². The molecule has 1 aromatic carbocycles. The van der Waals surface area contributed by atoms with E-state index in [9.17, 15) is 18.4 Å². The number of alkyl halides is 2. The molecule has 224 valence electrons. The average molecular weight is 586 g/mol. The van der Waals surface area contributed by atoms with Gasteiger partial charge in [0.05, 0.1) is 30.2 Å². The third-order valence-corrected chi connectivity index (χ3v) is 8.02. The molecule has 4 heterocycles. The van der Waals surface area contributed by atoms with Crippen LogP contribution >= 0.6 is 0 Å². The van der Waals surface area contributed by atoms with Gasteiger partial charge in [0.2, 0.25) is 5.95 Å². The molecular formula is C29H34F3N7O3. The highest BCUT2D eigenvalue weighted by molar-refractivity contribution is 6.07. The van der Waals surface area contributed by atoms with E-state index in [4.69, 9.17) is 4.74 Å². The number of aryl methyl sites for hydroxylation is 1. The van der Waals surface area contributed by atoms with Crippen LogP contribution in [-0.2, 0) is 11.8 Å². The number of pyridine rings is 1. The van der Waals surface area contributed by atoms with E-state index in [0.717, 1.165) is 16.8 Å². The van der Waals surface area contributed by atoms with E-state index in [-0.39, 0.29) is 28.9 Å². The van der Waals surface area contributed by atoms with E-state index in [1.54, 1.807) is 0 Å². The summed E-state index contributed by atoms with van der Waals surface area (Å²) >= 11 is 0. The molecule has 2 saturated heterocycles. The minimum absolute atomic E-state index is 0.134. The number of likely N-dealkylation sites (N-methyl/N-ethyl adjacent to an activating group) is 1. The molecule has 1 N–H and O–H groups in total. The van der Waals surface area contributed by atoms with Crippen LogP contribution in [-0.4, -0.2) is 83.9 Å². The standard InChI is InChI=1S/C29H34F3N7O3/c1-17-14-39(15-18(2)37(17)4)25-11-23(30)20(19-12-33-29(34-13-19)38-5-7-42-8-6-38)9-24(25)35-28(41)22-16-36(3)26(40)10-21(22)27(31)32/h9-13,16-18,27H,5-8,14-15H2,1-4H3,(H,35,41). The van der Waals surface area contributed by atoms with Gasteiger partial charge in [0, 0.05) is 86.7 Å². The lowest BCUT2D eigenvalue weighted by Gasteiger charge is -2.44. The Bertz CT molecular complexity index is 1500. The molecule has 10 nitrogen and oxygen atoms in total. The first-order chi connectivity index (χ1) is 20.0. The summed E-state index contributed by atoms with van der Waals surface area (Å²) in [5.41, 5.74) is -0.477. The molecule has 2 aliphatic heterocycles. The Labute approximate surface area is 241 Å². The van der Waals surface area contributed by atoms with Crippen molar-refractivity contribution in [2.24, 2.45) is 7.05 Å². The second-order valence-electron chi connectivity index (χ2n) is 10.8. The molecule has 0 spiro atoms. The van der Waals surface area contributed by atoms with Crippen LogP contribution in [0, 0.1) is 5.82 Å². The Morgan fingerprint density at radius 3 is 2.29 bits per heavy atom. The minimum Gasteiger partial charge on any atom is -0.378 e. The molecule has 2 unspecified atom stereocenters. The Morgan fingerprint density at radius 2 is 1.67 bits per heavy atom. The molecule has 0 radical (unpaired) electrons. The Hall–Kier alpha value is -3.97. The number of ether oxygens (including phenoxy) is 1. The predicted molar refractivity (Wildman–Crippen MR) is 154 cm³/mol. The zero-order chi connectivity index (χ0) is 30.1. The van der Waals surface area contributed by atoms with Gasteiger partial charge in [-0.3, -0.25) is 14.5 Å². The molecule has 3 aromatic rings. The summed E-state index contributed by atoms with van der Waals surface area (Å²) in [6, 6.07) is 3.85. The van der Waals surface area contributed by atoms with Gasteiger partial charge in [0.1, 0.15) is 5.82 Å². The zero-order valence-corrected chi connectivity index (χ0v) is 24.0. The van der Waals surface area contributed by atoms with E-state index >= 15 is 4.39 Å². The highest BCUT2D eigenvalue weighted by Gasteiger charge is 2.30. The van der Waals surface area contributed by atoms with Gasteiger partial charge < -0.3 is 24.4 Å². The average Bonchev–Trinajstić information content (AvgIpc) is 2.98. The van der Waals surface area contributed by atoms with Gasteiger partial charge in [0.15, 0.2) is 0 Å². The first-order valence-corrected chi connectivity index (χ1v) is 13.8. The lowest BCUT2D eigenvalue weighted by molar-refractivity contribution is 0.101. The van der Waals surface area contributed by atoms with Crippen molar-refractivity contribution in [2.75, 3.05) is 61.6 Å². The molecule has 0 bridgehead atoms. The van der Waals surface area contributed by atoms with Crippen LogP contribution < -0.4 is 20.7 Å². The second kappa shape index (κ2) is 12.1. The first-order valence-electron chi connectivity index (χ1n) is 13.8. The Morgan fingerprint density at radius 1 is 1.02 bits per heavy atom. The fraction of sp³-hybridized carbons (Fsp3) is 0.448. The number of nitrogens with zero attached hydrogens (tertiary/aromatic N) is 6. The second-order valence-corrected chi connectivity index (χ2v) is 10.8. The molecule has 0 saturated carbocycles. The summed E-state index contributed by atoms with van der Waals surface area (Å²) in [6.07, 6.45) is 1.08. The van der Waals surface area contributed by atoms with Crippen molar-refractivity contribution in [3.05, 3.63) is 64.1 Å². The number of amides is 1. The molecule has 2 aromatic heterocycles. The highest BCUT2D eigenvalue weighted by atomic mass is 19.3. The number of rotatable bonds is 6. The number of aromatic nitrogens is 3. The lowest BCUT2D eigenvalue weighted by Crippen LogP contribution is -2.55. The lowest BCUT2D eigenvalue weighted by atomic mass is 10.0. The molecule has 2 fully saturated rings. The van der Waals surface area contributed by atoms with Crippen molar-refractivity contribution in [3.8, 4) is 11.1 Å². The molecule has 2 atom stereocenters. The molecular weight excluding hydrogens is 551 g/mol. The molecule has 1 amide bonds. The number of carbonyl (C=O) groups is 1. The van der Waals surface area contributed by atoms with Crippen molar-refractivity contribution >= 4 is 23.2 Å². The summed E-state index contributed by atoms with van der Waals surface area (Å²) in [6.45, 7) is 7.65. The maximum atomic E-state index is 15.8. The van der Waals surface area contributed by atoms with Gasteiger partial charge in [-0.15, -0.1) is 0 Å². The number of hydrogen-bond donors (Lipinski definition) is 1. The SMILES string of the molecule is CC1CN(c2cc(F)c(-c3cnc(N4CCOCC4)nc3)cc2NC(=O)c2cn(C)c(=O)cc2C(F)F)CC(C)N1C. The summed E-state index contributed by atoms with van der Waals surface area (Å²) in [5, 5.41) is 2.73. The summed E-state index contributed by atoms with van der Waals surface area (Å²) in [5.74, 6) is -0.878. The topological polar surface area (TPSA) is 95.8 Å². The number of nitrogens with one attached hydrogen (secondary N) is 1. The monoisotopic (exact) mass is 585 g/mol. The van der Waals surface area contributed by atoms with Crippen molar-refractivity contribution in [3.63, 3.8) is 0 Å². The number of morpholine rings is 1. The van der Waals surface area contributed by atoms with E-state index in [1.807, 2.05) is 16.8 Å². The fourth-order valence-corrected chi connectivity index (χ4v) is 5.34. The van der Waals surface area contributed by atoms with Gasteiger partial charge in [0.25, 0.3) is 17.9 Å². The van der Waals surface area contributed by atoms with Gasteiger partial charge in [-0.05, 0) is 33.0 Å². The van der Waals surface area contributed by atoms with Crippen molar-refractivity contribution in [2.45, 2.75) is 32.4 Å². The number of benzene rings is 1. The van der Waals surface area contributed by atoms with Crippen molar-refractivity contribution < 1.29 is 22.7 Å². The third-order valence-electron chi connectivity index (χ3n) is 8.02. The number of carbonyl (C=O) groups excluding carboxylic acids is 1. The highest BCUT2D eigenvalue weighted by Crippen LogP contribution is 2.36. The van der Waals surface area contributed by atoms with E-state index in [2.05, 4.69) is 34.0 Å². The summed E-state index contributed by atoms with van der Waals surface area (Å²) < 4.78 is 49.8. The van der Waals surface area contributed by atoms with E-state index in [1.165, 1.54) is 31.6 Å². The van der Waals surface area contributed by atoms with Gasteiger partial charge in [-0.25, -0.2) is 23.1 Å². The van der Waals surface area contributed by atoms with Crippen LogP contribution in [0.25, 0.3) is 11.1 Å². The maximum absolute atomic E-state index is 15.8. The van der Waals surface area contributed by atoms with Crippen LogP contribution in [0.3, 0.4) is 0 Å². The molecule has 0 aliphatic carbocycles. The molecule has 13 heteroatoms. The van der Waals surface area contributed by atoms with Crippen LogP contribution in [0.1, 0.15) is 36.2 Å². The Kier molecular flexibility index (Phi) is 8.50. The number of anilines is 3. The van der Waals surface area contributed by atoms with Gasteiger partial charge in [-0.2, -0.15) is 0 Å². The quantitative estimate of drug-likeness (QED) is 0.470. The molecule has 2 aliphatic rings. The molecule has 5 rings (SSSR count). The number of hydrogen-bond acceptors (Lipinski definition) is 8. The first kappa shape index (κ1) is 29.5. The summed E-state index contributed by atoms with van der Waals surface area (Å²) in [4.78, 5) is 40.5. The van der Waals surface area contributed by atoms with Crippen LogP contribution in [0.5, 0.6) is 0 Å². The van der Waals surface area contributed by atoms with Crippen molar-refractivity contribution in [1.29, 1.82) is 0 Å². The largest absolute Gasteiger partial charge is 0.378 e. The number of piperazine rings is 1. The van der Waals surface area contributed by atoms with E-state index in [0.29, 0.717) is 56.6 Å². The maximum Gasteiger partial charge on any atom is 0.264 e. The zero-order valence-electron chi connectivity index (χ0n) is 24.0. The van der Waals surface area contributed by atoms with Gasteiger partial charge >= 0.3 is 0 Å². The van der Waals surface area contributed by atoms with Crippen molar-refractivity contribution in [1.82, 2.24) is 19.4 Å².